The van der Waals surface area contributed by atoms with Gasteiger partial charge >= 0.3 is 0 Å². The average molecular weight is 240 g/mol. The Morgan fingerprint density at radius 3 is 2.85 bits per heavy atom. The molecule has 1 aromatic carbocycles. The minimum absolute atomic E-state index is 0.908. The maximum atomic E-state index is 3.51. The summed E-state index contributed by atoms with van der Waals surface area (Å²) in [5.41, 5.74) is 2.50. The molecule has 0 bridgehead atoms. The highest BCUT2D eigenvalue weighted by atomic mass is 79.9. The van der Waals surface area contributed by atoms with Crippen LogP contribution in [0.25, 0.3) is 6.08 Å². The van der Waals surface area contributed by atoms with Gasteiger partial charge in [0.1, 0.15) is 0 Å². The van der Waals surface area contributed by atoms with E-state index in [1.165, 1.54) is 15.6 Å². The largest absolute Gasteiger partial charge is 0.316 e. The van der Waals surface area contributed by atoms with Crippen molar-refractivity contribution in [3.63, 3.8) is 0 Å². The molecular formula is C11H14BrN. The number of halogens is 1. The van der Waals surface area contributed by atoms with E-state index < -0.39 is 0 Å². The summed E-state index contributed by atoms with van der Waals surface area (Å²) in [7, 11) is 1.94. The number of benzene rings is 1. The second-order valence-electron chi connectivity index (χ2n) is 2.97. The second-order valence-corrected chi connectivity index (χ2v) is 3.82. The summed E-state index contributed by atoms with van der Waals surface area (Å²) < 4.78 is 1.17. The van der Waals surface area contributed by atoms with Gasteiger partial charge in [-0.1, -0.05) is 40.2 Å². The van der Waals surface area contributed by atoms with Crippen molar-refractivity contribution in [1.29, 1.82) is 0 Å². The number of likely N-dealkylation sites (N-methyl/N-ethyl adjacent to an activating group) is 1. The van der Waals surface area contributed by atoms with Crippen LogP contribution < -0.4 is 5.32 Å². The number of hydrogen-bond donors (Lipinski definition) is 1. The van der Waals surface area contributed by atoms with E-state index in [1.807, 2.05) is 7.05 Å². The predicted molar refractivity (Wildman–Crippen MR) is 61.8 cm³/mol. The summed E-state index contributed by atoms with van der Waals surface area (Å²) >= 11 is 3.51. The van der Waals surface area contributed by atoms with Crippen LogP contribution in [0.3, 0.4) is 0 Å². The highest BCUT2D eigenvalue weighted by Gasteiger charge is 1.93. The molecule has 0 radical (unpaired) electrons. The molecule has 0 aliphatic carbocycles. The van der Waals surface area contributed by atoms with Crippen LogP contribution in [0.5, 0.6) is 0 Å². The van der Waals surface area contributed by atoms with Crippen molar-refractivity contribution in [2.75, 3.05) is 13.6 Å². The van der Waals surface area contributed by atoms with Gasteiger partial charge in [0.2, 0.25) is 0 Å². The standard InChI is InChI=1S/C11H14BrN/c1-9-5-6-10(8-11(9)12)4-3-7-13-2/h3-6,8,13H,7H2,1-2H3/b4-3+. The van der Waals surface area contributed by atoms with Crippen molar-refractivity contribution in [2.45, 2.75) is 6.92 Å². The number of hydrogen-bond acceptors (Lipinski definition) is 1. The van der Waals surface area contributed by atoms with Crippen molar-refractivity contribution in [3.8, 4) is 0 Å². The lowest BCUT2D eigenvalue weighted by atomic mass is 10.1. The monoisotopic (exact) mass is 239 g/mol. The van der Waals surface area contributed by atoms with E-state index in [1.54, 1.807) is 0 Å². The topological polar surface area (TPSA) is 12.0 Å². The first kappa shape index (κ1) is 10.5. The zero-order valence-corrected chi connectivity index (χ0v) is 9.56. The Bertz CT molecular complexity index is 305. The van der Waals surface area contributed by atoms with Crippen LogP contribution in [0.4, 0.5) is 0 Å². The molecule has 1 nitrogen and oxygen atoms in total. The summed E-state index contributed by atoms with van der Waals surface area (Å²) in [6.45, 7) is 3.00. The van der Waals surface area contributed by atoms with Crippen LogP contribution >= 0.6 is 15.9 Å². The molecule has 0 fully saturated rings. The molecule has 0 heterocycles. The predicted octanol–water partition coefficient (Wildman–Crippen LogP) is 2.99. The zero-order chi connectivity index (χ0) is 9.68. The Morgan fingerprint density at radius 2 is 2.23 bits per heavy atom. The number of rotatable bonds is 3. The van der Waals surface area contributed by atoms with Gasteiger partial charge in [-0.05, 0) is 31.2 Å². The van der Waals surface area contributed by atoms with Crippen molar-refractivity contribution in [2.24, 2.45) is 0 Å². The molecule has 1 rings (SSSR count). The van der Waals surface area contributed by atoms with Crippen molar-refractivity contribution < 1.29 is 0 Å². The first-order chi connectivity index (χ1) is 6.24. The molecule has 0 unspecified atom stereocenters. The minimum Gasteiger partial charge on any atom is -0.316 e. The molecule has 0 aromatic heterocycles. The molecule has 0 atom stereocenters. The van der Waals surface area contributed by atoms with Crippen molar-refractivity contribution in [3.05, 3.63) is 39.9 Å². The lowest BCUT2D eigenvalue weighted by molar-refractivity contribution is 0.922. The summed E-state index contributed by atoms with van der Waals surface area (Å²) in [6.07, 6.45) is 4.22. The van der Waals surface area contributed by atoms with Gasteiger partial charge in [0.15, 0.2) is 0 Å². The van der Waals surface area contributed by atoms with E-state index in [9.17, 15) is 0 Å². The average Bonchev–Trinajstić information content (AvgIpc) is 2.12. The molecule has 1 N–H and O–H groups in total. The lowest BCUT2D eigenvalue weighted by Crippen LogP contribution is -2.03. The normalized spacial score (nSPS) is 11.0. The number of aryl methyl sites for hydroxylation is 1. The van der Waals surface area contributed by atoms with Gasteiger partial charge in [-0.15, -0.1) is 0 Å². The van der Waals surface area contributed by atoms with Crippen LogP contribution in [0.1, 0.15) is 11.1 Å². The minimum atomic E-state index is 0.908. The Hall–Kier alpha value is -0.600. The van der Waals surface area contributed by atoms with E-state index in [-0.39, 0.29) is 0 Å². The van der Waals surface area contributed by atoms with E-state index in [4.69, 9.17) is 0 Å². The third-order valence-electron chi connectivity index (χ3n) is 1.83. The molecule has 0 aliphatic heterocycles. The fourth-order valence-corrected chi connectivity index (χ4v) is 1.42. The molecule has 2 heteroatoms. The first-order valence-corrected chi connectivity index (χ1v) is 5.10. The van der Waals surface area contributed by atoms with Crippen molar-refractivity contribution in [1.82, 2.24) is 5.32 Å². The summed E-state index contributed by atoms with van der Waals surface area (Å²) in [4.78, 5) is 0. The molecule has 0 aliphatic rings. The zero-order valence-electron chi connectivity index (χ0n) is 7.97. The van der Waals surface area contributed by atoms with E-state index in [0.717, 1.165) is 6.54 Å². The third-order valence-corrected chi connectivity index (χ3v) is 2.68. The smallest absolute Gasteiger partial charge is 0.0210 e. The van der Waals surface area contributed by atoms with E-state index in [2.05, 4.69) is 58.5 Å². The summed E-state index contributed by atoms with van der Waals surface area (Å²) in [5.74, 6) is 0. The SMILES string of the molecule is CNC/C=C/c1ccc(C)c(Br)c1. The molecule has 0 saturated carbocycles. The van der Waals surface area contributed by atoms with Crippen LogP contribution in [0.2, 0.25) is 0 Å². The Morgan fingerprint density at radius 1 is 1.46 bits per heavy atom. The van der Waals surface area contributed by atoms with Gasteiger partial charge in [-0.25, -0.2) is 0 Å². The van der Waals surface area contributed by atoms with Gasteiger partial charge in [0.25, 0.3) is 0 Å². The van der Waals surface area contributed by atoms with Gasteiger partial charge in [0.05, 0.1) is 0 Å². The van der Waals surface area contributed by atoms with E-state index >= 15 is 0 Å². The molecule has 1 aromatic rings. The van der Waals surface area contributed by atoms with Crippen LogP contribution in [-0.4, -0.2) is 13.6 Å². The quantitative estimate of drug-likeness (QED) is 0.856. The fourth-order valence-electron chi connectivity index (χ4n) is 1.03. The lowest BCUT2D eigenvalue weighted by Gasteiger charge is -1.99. The summed E-state index contributed by atoms with van der Waals surface area (Å²) in [5, 5.41) is 3.07. The van der Waals surface area contributed by atoms with Gasteiger partial charge in [-0.3, -0.25) is 0 Å². The number of nitrogens with one attached hydrogen (secondary N) is 1. The van der Waals surface area contributed by atoms with Crippen LogP contribution in [-0.2, 0) is 0 Å². The van der Waals surface area contributed by atoms with Crippen LogP contribution in [0.15, 0.2) is 28.7 Å². The van der Waals surface area contributed by atoms with Gasteiger partial charge < -0.3 is 5.32 Å². The molecule has 0 saturated heterocycles. The van der Waals surface area contributed by atoms with Crippen molar-refractivity contribution >= 4 is 22.0 Å². The van der Waals surface area contributed by atoms with Crippen LogP contribution in [0, 0.1) is 6.92 Å². The highest BCUT2D eigenvalue weighted by molar-refractivity contribution is 9.10. The Balaban J connectivity index is 2.73. The van der Waals surface area contributed by atoms with E-state index in [0.29, 0.717) is 0 Å². The maximum Gasteiger partial charge on any atom is 0.0210 e. The maximum absolute atomic E-state index is 3.51. The third kappa shape index (κ3) is 3.33. The Labute approximate surface area is 88.0 Å². The van der Waals surface area contributed by atoms with Gasteiger partial charge in [-0.2, -0.15) is 0 Å². The van der Waals surface area contributed by atoms with Gasteiger partial charge in [0, 0.05) is 11.0 Å². The molecule has 70 valence electrons. The second kappa shape index (κ2) is 5.20. The Kier molecular flexibility index (Phi) is 4.19. The first-order valence-electron chi connectivity index (χ1n) is 4.31. The molecule has 0 amide bonds. The molecule has 13 heavy (non-hydrogen) atoms. The molecule has 0 spiro atoms. The summed E-state index contributed by atoms with van der Waals surface area (Å²) in [6, 6.07) is 6.36. The highest BCUT2D eigenvalue weighted by Crippen LogP contribution is 2.18. The fraction of sp³-hybridized carbons (Fsp3) is 0.273. The molecular weight excluding hydrogens is 226 g/mol.